The van der Waals surface area contributed by atoms with Crippen LogP contribution in [0.5, 0.6) is 5.75 Å². The molecule has 0 N–H and O–H groups in total. The summed E-state index contributed by atoms with van der Waals surface area (Å²) in [4.78, 5) is 21.7. The van der Waals surface area contributed by atoms with Gasteiger partial charge in [0.15, 0.2) is 0 Å². The second-order valence-electron chi connectivity index (χ2n) is 2.59. The van der Waals surface area contributed by atoms with Gasteiger partial charge < -0.3 is 9.47 Å². The summed E-state index contributed by atoms with van der Waals surface area (Å²) in [6, 6.07) is 5.98. The zero-order valence-electron chi connectivity index (χ0n) is 8.03. The first kappa shape index (κ1) is 11.5. The maximum Gasteiger partial charge on any atom is 0.513 e. The first-order valence-electron chi connectivity index (χ1n) is 4.28. The molecule has 0 aromatic heterocycles. The van der Waals surface area contributed by atoms with Crippen LogP contribution in [-0.2, 0) is 4.74 Å². The highest BCUT2D eigenvalue weighted by molar-refractivity contribution is 6.67. The zero-order chi connectivity index (χ0) is 11.3. The maximum absolute atomic E-state index is 10.9. The molecule has 1 aromatic rings. The van der Waals surface area contributed by atoms with Crippen molar-refractivity contribution in [3.8, 4) is 5.75 Å². The highest BCUT2D eigenvalue weighted by atomic mass is 35.5. The van der Waals surface area contributed by atoms with E-state index in [-0.39, 0.29) is 17.9 Å². The molecule has 0 atom stereocenters. The Hall–Kier alpha value is -1.55. The van der Waals surface area contributed by atoms with Crippen LogP contribution in [0.1, 0.15) is 17.3 Å². The summed E-state index contributed by atoms with van der Waals surface area (Å²) in [7, 11) is 0. The fourth-order valence-electron chi connectivity index (χ4n) is 0.925. The predicted molar refractivity (Wildman–Crippen MR) is 54.3 cm³/mol. The molecule has 0 aliphatic carbocycles. The van der Waals surface area contributed by atoms with E-state index in [1.54, 1.807) is 13.0 Å². The van der Waals surface area contributed by atoms with E-state index >= 15 is 0 Å². The molecule has 0 aliphatic heterocycles. The Balaban J connectivity index is 2.73. The van der Waals surface area contributed by atoms with Crippen molar-refractivity contribution in [2.24, 2.45) is 0 Å². The molecule has 0 aliphatic rings. The molecule has 4 nitrogen and oxygen atoms in total. The molecule has 0 radical (unpaired) electrons. The first-order valence-corrected chi connectivity index (χ1v) is 4.65. The lowest BCUT2D eigenvalue weighted by Gasteiger charge is -2.04. The van der Waals surface area contributed by atoms with Gasteiger partial charge in [0.2, 0.25) is 0 Å². The Bertz CT molecular complexity index is 375. The van der Waals surface area contributed by atoms with Crippen LogP contribution in [0.2, 0.25) is 0 Å². The van der Waals surface area contributed by atoms with Crippen molar-refractivity contribution in [3.63, 3.8) is 0 Å². The molecular formula is C10H9ClO4. The minimum atomic E-state index is -0.809. The van der Waals surface area contributed by atoms with Gasteiger partial charge in [0, 0.05) is 5.56 Å². The van der Waals surface area contributed by atoms with Gasteiger partial charge in [-0.25, -0.2) is 4.79 Å². The number of hydrogen-bond donors (Lipinski definition) is 0. The second kappa shape index (κ2) is 5.36. The second-order valence-corrected chi connectivity index (χ2v) is 2.93. The van der Waals surface area contributed by atoms with Crippen molar-refractivity contribution >= 4 is 23.0 Å². The highest BCUT2D eigenvalue weighted by Crippen LogP contribution is 2.15. The number of rotatable bonds is 3. The first-order chi connectivity index (χ1) is 7.13. The topological polar surface area (TPSA) is 52.6 Å². The number of ether oxygens (including phenoxy) is 2. The summed E-state index contributed by atoms with van der Waals surface area (Å²) in [5.41, 5.74) is 0.262. The number of carbonyl (C=O) groups excluding carboxylic acids is 2. The fourth-order valence-corrected chi connectivity index (χ4v) is 1.04. The van der Waals surface area contributed by atoms with Crippen molar-refractivity contribution < 1.29 is 19.1 Å². The van der Waals surface area contributed by atoms with E-state index in [9.17, 15) is 9.59 Å². The fraction of sp³-hybridized carbons (Fsp3) is 0.200. The summed E-state index contributed by atoms with van der Waals surface area (Å²) < 4.78 is 9.34. The quantitative estimate of drug-likeness (QED) is 0.453. The molecule has 0 unspecified atom stereocenters. The van der Waals surface area contributed by atoms with Crippen LogP contribution in [0.4, 0.5) is 4.79 Å². The van der Waals surface area contributed by atoms with Crippen molar-refractivity contribution in [3.05, 3.63) is 29.8 Å². The minimum Gasteiger partial charge on any atom is -0.434 e. The molecule has 0 fully saturated rings. The molecule has 0 saturated carbocycles. The van der Waals surface area contributed by atoms with E-state index in [1.165, 1.54) is 18.2 Å². The summed E-state index contributed by atoms with van der Waals surface area (Å²) in [5.74, 6) is 0.222. The lowest BCUT2D eigenvalue weighted by molar-refractivity contribution is 0.103. The van der Waals surface area contributed by atoms with Crippen molar-refractivity contribution in [2.45, 2.75) is 6.92 Å². The van der Waals surface area contributed by atoms with E-state index in [0.717, 1.165) is 0 Å². The predicted octanol–water partition coefficient (Wildman–Crippen LogP) is 2.60. The van der Waals surface area contributed by atoms with Crippen molar-refractivity contribution in [2.75, 3.05) is 6.61 Å². The van der Waals surface area contributed by atoms with E-state index in [2.05, 4.69) is 4.74 Å². The molecule has 15 heavy (non-hydrogen) atoms. The summed E-state index contributed by atoms with van der Waals surface area (Å²) in [6.45, 7) is 1.90. The highest BCUT2D eigenvalue weighted by Gasteiger charge is 2.07. The Labute approximate surface area is 91.7 Å². The molecule has 80 valence electrons. The van der Waals surface area contributed by atoms with E-state index in [1.807, 2.05) is 0 Å². The minimum absolute atomic E-state index is 0.222. The van der Waals surface area contributed by atoms with Gasteiger partial charge in [-0.15, -0.1) is 0 Å². The third kappa shape index (κ3) is 3.59. The van der Waals surface area contributed by atoms with Gasteiger partial charge in [0.1, 0.15) is 5.75 Å². The maximum atomic E-state index is 10.9. The van der Waals surface area contributed by atoms with Gasteiger partial charge in [-0.2, -0.15) is 0 Å². The third-order valence-corrected chi connectivity index (χ3v) is 1.74. The Kier molecular flexibility index (Phi) is 4.12. The Morgan fingerprint density at radius 1 is 1.40 bits per heavy atom. The number of benzene rings is 1. The van der Waals surface area contributed by atoms with Gasteiger partial charge in [-0.3, -0.25) is 4.79 Å². The van der Waals surface area contributed by atoms with Crippen molar-refractivity contribution in [1.82, 2.24) is 0 Å². The Morgan fingerprint density at radius 3 is 2.73 bits per heavy atom. The van der Waals surface area contributed by atoms with Crippen LogP contribution < -0.4 is 4.74 Å². The van der Waals surface area contributed by atoms with Crippen LogP contribution in [0.3, 0.4) is 0 Å². The van der Waals surface area contributed by atoms with Gasteiger partial charge in [-0.1, -0.05) is 6.07 Å². The smallest absolute Gasteiger partial charge is 0.434 e. The van der Waals surface area contributed by atoms with Gasteiger partial charge >= 0.3 is 6.16 Å². The molecule has 1 rings (SSSR count). The van der Waals surface area contributed by atoms with Gasteiger partial charge in [-0.05, 0) is 36.7 Å². The molecule has 1 aromatic carbocycles. The van der Waals surface area contributed by atoms with Crippen LogP contribution >= 0.6 is 11.6 Å². The SMILES string of the molecule is CCOC(=O)Oc1cccc(C(=O)Cl)c1. The number of hydrogen-bond acceptors (Lipinski definition) is 4. The summed E-state index contributed by atoms with van der Waals surface area (Å²) >= 11 is 5.26. The van der Waals surface area contributed by atoms with Gasteiger partial charge in [0.25, 0.3) is 5.24 Å². The standard InChI is InChI=1S/C10H9ClO4/c1-2-14-10(13)15-8-5-3-4-7(6-8)9(11)12/h3-6H,2H2,1H3. The monoisotopic (exact) mass is 228 g/mol. The van der Waals surface area contributed by atoms with E-state index < -0.39 is 11.4 Å². The molecule has 0 heterocycles. The lowest BCUT2D eigenvalue weighted by atomic mass is 10.2. The molecule has 0 amide bonds. The summed E-state index contributed by atoms with van der Waals surface area (Å²) in [5, 5.41) is -0.607. The summed E-state index contributed by atoms with van der Waals surface area (Å²) in [6.07, 6.45) is -0.809. The Morgan fingerprint density at radius 2 is 2.13 bits per heavy atom. The van der Waals surface area contributed by atoms with Crippen LogP contribution in [0, 0.1) is 0 Å². The van der Waals surface area contributed by atoms with Gasteiger partial charge in [0.05, 0.1) is 6.61 Å². The average molecular weight is 229 g/mol. The van der Waals surface area contributed by atoms with E-state index in [4.69, 9.17) is 16.3 Å². The molecule has 0 spiro atoms. The molecule has 0 bridgehead atoms. The molecular weight excluding hydrogens is 220 g/mol. The van der Waals surface area contributed by atoms with E-state index in [0.29, 0.717) is 0 Å². The largest absolute Gasteiger partial charge is 0.513 e. The molecule has 5 heteroatoms. The van der Waals surface area contributed by atoms with Crippen LogP contribution in [0.25, 0.3) is 0 Å². The van der Waals surface area contributed by atoms with Crippen molar-refractivity contribution in [1.29, 1.82) is 0 Å². The average Bonchev–Trinajstić information content (AvgIpc) is 2.18. The lowest BCUT2D eigenvalue weighted by Crippen LogP contribution is -2.10. The zero-order valence-corrected chi connectivity index (χ0v) is 8.78. The molecule has 0 saturated heterocycles. The van der Waals surface area contributed by atoms with Crippen LogP contribution in [-0.4, -0.2) is 18.0 Å². The third-order valence-electron chi connectivity index (χ3n) is 1.52. The van der Waals surface area contributed by atoms with Crippen LogP contribution in [0.15, 0.2) is 24.3 Å². The number of halogens is 1. The number of carbonyl (C=O) groups is 2. The normalized spacial score (nSPS) is 9.47.